The van der Waals surface area contributed by atoms with Crippen LogP contribution in [0.15, 0.2) is 71.7 Å². The largest absolute Gasteiger partial charge is 0.540 e. The molecule has 0 atom stereocenters. The summed E-state index contributed by atoms with van der Waals surface area (Å²) in [5.41, 5.74) is 12.1. The maximum absolute atomic E-state index is 14.3. The second kappa shape index (κ2) is 12.9. The predicted octanol–water partition coefficient (Wildman–Crippen LogP) is 7.05. The van der Waals surface area contributed by atoms with Gasteiger partial charge in [0.25, 0.3) is 5.91 Å². The fourth-order valence-electron chi connectivity index (χ4n) is 5.23. The van der Waals surface area contributed by atoms with Crippen LogP contribution in [-0.4, -0.2) is 24.2 Å². The molecule has 1 saturated carbocycles. The number of fused-ring (bicyclic) bond motifs is 1. The number of benzene rings is 3. The van der Waals surface area contributed by atoms with Gasteiger partial charge < -0.3 is 27.7 Å². The van der Waals surface area contributed by atoms with E-state index in [1.54, 1.807) is 12.1 Å². The van der Waals surface area contributed by atoms with Gasteiger partial charge in [-0.15, -0.1) is 8.78 Å². The van der Waals surface area contributed by atoms with Crippen molar-refractivity contribution in [3.05, 3.63) is 89.0 Å². The number of rotatable bonds is 6. The van der Waals surface area contributed by atoms with Crippen LogP contribution in [0.4, 0.5) is 33.7 Å². The highest BCUT2D eigenvalue weighted by atomic mass is 19.3. The number of hydrogen-bond acceptors (Lipinski definition) is 5. The molecule has 0 saturated heterocycles. The Morgan fingerprint density at radius 2 is 1.61 bits per heavy atom. The highest BCUT2D eigenvalue weighted by Crippen LogP contribution is 2.47. The van der Waals surface area contributed by atoms with Crippen LogP contribution in [-0.2, 0) is 17.4 Å². The summed E-state index contributed by atoms with van der Waals surface area (Å²) >= 11 is 0. The molecule has 8 N–H and O–H groups in total. The van der Waals surface area contributed by atoms with Gasteiger partial charge in [-0.3, -0.25) is 9.69 Å². The molecule has 1 fully saturated rings. The van der Waals surface area contributed by atoms with Gasteiger partial charge in [0, 0.05) is 19.8 Å². The molecule has 1 aliphatic heterocycles. The summed E-state index contributed by atoms with van der Waals surface area (Å²) in [5.74, 6) is -1.34. The van der Waals surface area contributed by atoms with Crippen molar-refractivity contribution in [1.29, 1.82) is 0 Å². The molecule has 3 amide bonds. The van der Waals surface area contributed by atoms with Crippen LogP contribution in [0.3, 0.4) is 0 Å². The molecule has 0 aromatic heterocycles. The molecule has 1 heterocycles. The normalized spacial score (nSPS) is 16.8. The van der Waals surface area contributed by atoms with E-state index in [0.717, 1.165) is 37.8 Å². The molecule has 2 aliphatic rings. The minimum atomic E-state index is -4.51. The van der Waals surface area contributed by atoms with Crippen molar-refractivity contribution in [2.75, 3.05) is 10.2 Å². The molecular weight excluding hydrogens is 584 g/mol. The first-order valence-electron chi connectivity index (χ1n) is 13.6. The molecule has 44 heavy (non-hydrogen) atoms. The lowest BCUT2D eigenvalue weighted by Crippen LogP contribution is -2.41. The SMILES string of the molecule is N.NC(N)=NC(=O)c1ccc(CN(C(=O)Nc2ccc3c(c2)C(F)(F)OC(F)(F)O3)c2ccc(C3CCCCC3)cc2)cc1.[HH].[HH]. The van der Waals surface area contributed by atoms with Crippen LogP contribution in [0.2, 0.25) is 0 Å². The van der Waals surface area contributed by atoms with Crippen molar-refractivity contribution in [3.8, 4) is 5.75 Å². The number of urea groups is 1. The van der Waals surface area contributed by atoms with E-state index in [-0.39, 0.29) is 32.8 Å². The van der Waals surface area contributed by atoms with E-state index < -0.39 is 35.7 Å². The van der Waals surface area contributed by atoms with Crippen molar-refractivity contribution >= 4 is 29.3 Å². The zero-order valence-electron chi connectivity index (χ0n) is 23.6. The highest BCUT2D eigenvalue weighted by Gasteiger charge is 2.54. The highest BCUT2D eigenvalue weighted by molar-refractivity contribution is 6.02. The molecule has 14 heteroatoms. The summed E-state index contributed by atoms with van der Waals surface area (Å²) in [7, 11) is 0. The topological polar surface area (TPSA) is 167 Å². The number of carbonyl (C=O) groups excluding carboxylic acids is 2. The third kappa shape index (κ3) is 7.44. The quantitative estimate of drug-likeness (QED) is 0.130. The molecule has 3 aromatic rings. The number of aliphatic imine (C=N–C) groups is 1. The lowest BCUT2D eigenvalue weighted by molar-refractivity contribution is -0.461. The Labute approximate surface area is 253 Å². The number of nitrogens with one attached hydrogen (secondary N) is 1. The van der Waals surface area contributed by atoms with Gasteiger partial charge in [-0.1, -0.05) is 43.5 Å². The fourth-order valence-corrected chi connectivity index (χ4v) is 5.23. The molecule has 3 aromatic carbocycles. The zero-order chi connectivity index (χ0) is 30.8. The summed E-state index contributed by atoms with van der Waals surface area (Å²) < 4.78 is 63.2. The van der Waals surface area contributed by atoms with Gasteiger partial charge in [0.2, 0.25) is 0 Å². The molecule has 5 rings (SSSR count). The number of alkyl halides is 4. The molecular formula is C30H36F4N6O4. The molecule has 0 spiro atoms. The number of nitrogens with two attached hydrogens (primary N) is 2. The summed E-state index contributed by atoms with van der Waals surface area (Å²) in [6.45, 7) is 0.0327. The Balaban J connectivity index is 0.00000245. The first-order valence-corrected chi connectivity index (χ1v) is 13.6. The molecule has 238 valence electrons. The Bertz CT molecular complexity index is 1540. The van der Waals surface area contributed by atoms with Gasteiger partial charge >= 0.3 is 18.4 Å². The van der Waals surface area contributed by atoms with Gasteiger partial charge in [0.1, 0.15) is 5.75 Å². The van der Waals surface area contributed by atoms with E-state index in [1.165, 1.54) is 35.1 Å². The number of amides is 3. The Hall–Kier alpha value is -4.69. The van der Waals surface area contributed by atoms with Crippen molar-refractivity contribution < 1.29 is 39.5 Å². The first-order chi connectivity index (χ1) is 20.4. The summed E-state index contributed by atoms with van der Waals surface area (Å²) in [4.78, 5) is 30.6. The van der Waals surface area contributed by atoms with Crippen molar-refractivity contribution in [1.82, 2.24) is 6.15 Å². The molecule has 0 radical (unpaired) electrons. The number of ether oxygens (including phenoxy) is 2. The van der Waals surface area contributed by atoms with Crippen LogP contribution in [0, 0.1) is 0 Å². The van der Waals surface area contributed by atoms with E-state index >= 15 is 0 Å². The standard InChI is InChI=1S/C30H29F4N5O4.H3N.2H2/c31-29(32)24-16-22(12-15-25(24)42-30(33,34)43-29)37-28(41)39(17-18-6-8-21(9-7-18)26(40)38-27(35)36)23-13-10-20(11-14-23)19-4-2-1-3-5-19;;;/h6-16,19H,1-5,17H2,(H,37,41)(H4,35,36,38,40);1H3;2*1H. The van der Waals surface area contributed by atoms with Crippen molar-refractivity contribution in [2.45, 2.75) is 57.0 Å². The van der Waals surface area contributed by atoms with E-state index in [2.05, 4.69) is 19.8 Å². The van der Waals surface area contributed by atoms with E-state index in [9.17, 15) is 27.2 Å². The third-order valence-corrected chi connectivity index (χ3v) is 7.32. The van der Waals surface area contributed by atoms with Gasteiger partial charge in [0.05, 0.1) is 12.1 Å². The molecule has 1 aliphatic carbocycles. The minimum Gasteiger partial charge on any atom is -0.409 e. The smallest absolute Gasteiger partial charge is 0.409 e. The van der Waals surface area contributed by atoms with Gasteiger partial charge in [0.15, 0.2) is 5.96 Å². The first kappa shape index (κ1) is 32.2. The van der Waals surface area contributed by atoms with Crippen molar-refractivity contribution in [2.24, 2.45) is 16.5 Å². The molecule has 0 unspecified atom stereocenters. The van der Waals surface area contributed by atoms with Gasteiger partial charge in [-0.25, -0.2) is 9.53 Å². The number of hydrogen-bond donors (Lipinski definition) is 4. The van der Waals surface area contributed by atoms with E-state index in [0.29, 0.717) is 17.2 Å². The Morgan fingerprint density at radius 3 is 2.25 bits per heavy atom. The lowest BCUT2D eigenvalue weighted by atomic mass is 9.84. The van der Waals surface area contributed by atoms with E-state index in [1.807, 2.05) is 24.3 Å². The van der Waals surface area contributed by atoms with Crippen LogP contribution in [0.1, 0.15) is 67.9 Å². The Kier molecular flexibility index (Phi) is 9.44. The number of carbonyl (C=O) groups is 2. The number of guanidine groups is 1. The number of nitrogens with zero attached hydrogens (tertiary/aromatic N) is 2. The maximum atomic E-state index is 14.3. The predicted molar refractivity (Wildman–Crippen MR) is 160 cm³/mol. The minimum absolute atomic E-state index is 0. The average Bonchev–Trinajstić information content (AvgIpc) is 2.96. The molecule has 10 nitrogen and oxygen atoms in total. The monoisotopic (exact) mass is 620 g/mol. The van der Waals surface area contributed by atoms with Gasteiger partial charge in [-0.05, 0) is 72.4 Å². The zero-order valence-corrected chi connectivity index (χ0v) is 23.6. The maximum Gasteiger partial charge on any atom is 0.540 e. The number of anilines is 2. The van der Waals surface area contributed by atoms with E-state index in [4.69, 9.17) is 11.5 Å². The average molecular weight is 621 g/mol. The second-order valence-corrected chi connectivity index (χ2v) is 10.4. The van der Waals surface area contributed by atoms with Crippen molar-refractivity contribution in [3.63, 3.8) is 0 Å². The van der Waals surface area contributed by atoms with Crippen LogP contribution >= 0.6 is 0 Å². The third-order valence-electron chi connectivity index (χ3n) is 7.32. The summed E-state index contributed by atoms with van der Waals surface area (Å²) in [6.07, 6.45) is -3.14. The Morgan fingerprint density at radius 1 is 0.955 bits per heavy atom. The van der Waals surface area contributed by atoms with Crippen LogP contribution < -0.4 is 32.6 Å². The summed E-state index contributed by atoms with van der Waals surface area (Å²) in [6, 6.07) is 16.0. The lowest BCUT2D eigenvalue weighted by Gasteiger charge is -2.31. The fraction of sp³-hybridized carbons (Fsp3) is 0.300. The summed E-state index contributed by atoms with van der Waals surface area (Å²) in [5, 5.41) is 2.55. The number of halogens is 4. The van der Waals surface area contributed by atoms with Crippen LogP contribution in [0.25, 0.3) is 0 Å². The van der Waals surface area contributed by atoms with Crippen LogP contribution in [0.5, 0.6) is 5.75 Å². The molecule has 0 bridgehead atoms. The van der Waals surface area contributed by atoms with Gasteiger partial charge in [-0.2, -0.15) is 13.8 Å². The second-order valence-electron chi connectivity index (χ2n) is 10.4.